The van der Waals surface area contributed by atoms with Gasteiger partial charge in [0, 0.05) is 24.2 Å². The van der Waals surface area contributed by atoms with Gasteiger partial charge in [0.25, 0.3) is 5.91 Å². The molecule has 2 aromatic carbocycles. The number of benzene rings is 2. The molecule has 0 aliphatic carbocycles. The van der Waals surface area contributed by atoms with E-state index < -0.39 is 45.6 Å². The summed E-state index contributed by atoms with van der Waals surface area (Å²) in [6.07, 6.45) is 1.16. The van der Waals surface area contributed by atoms with Gasteiger partial charge in [0.15, 0.2) is 0 Å². The van der Waals surface area contributed by atoms with Crippen LogP contribution in [0.4, 0.5) is 14.5 Å². The molecule has 2 heterocycles. The minimum Gasteiger partial charge on any atom is -0.325 e. The molecule has 0 radical (unpaired) electrons. The van der Waals surface area contributed by atoms with E-state index in [-0.39, 0.29) is 29.8 Å². The molecular weight excluding hydrogens is 404 g/mol. The molecular formula is C19H17F2N3O4S. The van der Waals surface area contributed by atoms with Gasteiger partial charge >= 0.3 is 0 Å². The first-order chi connectivity index (χ1) is 13.6. The highest BCUT2D eigenvalue weighted by Crippen LogP contribution is 2.33. The van der Waals surface area contributed by atoms with E-state index in [4.69, 9.17) is 0 Å². The Morgan fingerprint density at radius 1 is 1.10 bits per heavy atom. The van der Waals surface area contributed by atoms with Crippen LogP contribution < -0.4 is 10.0 Å². The molecule has 0 saturated carbocycles. The van der Waals surface area contributed by atoms with E-state index in [9.17, 15) is 26.8 Å². The predicted molar refractivity (Wildman–Crippen MR) is 102 cm³/mol. The van der Waals surface area contributed by atoms with Crippen LogP contribution in [0.2, 0.25) is 0 Å². The number of fused-ring (bicyclic) bond motifs is 2. The molecule has 0 spiro atoms. The summed E-state index contributed by atoms with van der Waals surface area (Å²) in [4.78, 5) is 27.0. The van der Waals surface area contributed by atoms with Crippen molar-refractivity contribution in [1.82, 2.24) is 9.62 Å². The van der Waals surface area contributed by atoms with Crippen LogP contribution >= 0.6 is 0 Å². The van der Waals surface area contributed by atoms with E-state index in [1.807, 2.05) is 0 Å². The largest absolute Gasteiger partial charge is 0.325 e. The highest BCUT2D eigenvalue weighted by atomic mass is 32.2. The zero-order valence-corrected chi connectivity index (χ0v) is 16.1. The van der Waals surface area contributed by atoms with Gasteiger partial charge in [-0.05, 0) is 36.2 Å². The Morgan fingerprint density at radius 2 is 1.86 bits per heavy atom. The van der Waals surface area contributed by atoms with Crippen molar-refractivity contribution in [1.29, 1.82) is 0 Å². The van der Waals surface area contributed by atoms with Gasteiger partial charge in [0.05, 0.1) is 17.5 Å². The number of carbonyl (C=O) groups is 2. The van der Waals surface area contributed by atoms with Gasteiger partial charge in [0.1, 0.15) is 17.7 Å². The minimum absolute atomic E-state index is 0.0402. The second kappa shape index (κ2) is 6.89. The second-order valence-corrected chi connectivity index (χ2v) is 8.95. The van der Waals surface area contributed by atoms with E-state index >= 15 is 0 Å². The fourth-order valence-corrected chi connectivity index (χ4v) is 4.57. The average molecular weight is 421 g/mol. The van der Waals surface area contributed by atoms with Crippen LogP contribution in [0.15, 0.2) is 36.4 Å². The van der Waals surface area contributed by atoms with Crippen molar-refractivity contribution in [2.75, 3.05) is 18.1 Å². The lowest BCUT2D eigenvalue weighted by atomic mass is 10.0. The zero-order valence-electron chi connectivity index (χ0n) is 15.3. The van der Waals surface area contributed by atoms with Crippen molar-refractivity contribution in [3.63, 3.8) is 0 Å². The third-order valence-electron chi connectivity index (χ3n) is 5.00. The summed E-state index contributed by atoms with van der Waals surface area (Å²) >= 11 is 0. The molecule has 2 aromatic rings. The van der Waals surface area contributed by atoms with Gasteiger partial charge < -0.3 is 10.2 Å². The van der Waals surface area contributed by atoms with E-state index in [1.54, 1.807) is 0 Å². The summed E-state index contributed by atoms with van der Waals surface area (Å²) in [5, 5.41) is 2.68. The Balaban J connectivity index is 1.71. The topological polar surface area (TPSA) is 95.6 Å². The Morgan fingerprint density at radius 3 is 2.55 bits per heavy atom. The van der Waals surface area contributed by atoms with E-state index in [0.717, 1.165) is 18.4 Å². The molecule has 2 aliphatic heterocycles. The lowest BCUT2D eigenvalue weighted by Crippen LogP contribution is -2.41. The standard InChI is InChI=1S/C19H17F2N3O4S/c1-29(27,28)23-12-8-17-18(25)22-16-5-2-10(6-14(16)19(26)24(17)9-12)13-4-3-11(20)7-15(13)21/h2-7,12,17,23H,8-9H2,1H3,(H,22,25)/t12-,17-/m0/s1. The normalized spacial score (nSPS) is 21.4. The number of carbonyl (C=O) groups excluding carboxylic acids is 2. The Hall–Kier alpha value is -2.85. The van der Waals surface area contributed by atoms with Gasteiger partial charge in [-0.3, -0.25) is 9.59 Å². The van der Waals surface area contributed by atoms with Crippen LogP contribution in [-0.4, -0.2) is 50.0 Å². The number of amides is 2. The highest BCUT2D eigenvalue weighted by Gasteiger charge is 2.43. The van der Waals surface area contributed by atoms with Crippen molar-refractivity contribution >= 4 is 27.5 Å². The van der Waals surface area contributed by atoms with Crippen molar-refractivity contribution in [3.8, 4) is 11.1 Å². The molecule has 0 bridgehead atoms. The Bertz CT molecular complexity index is 1140. The molecule has 2 aliphatic rings. The predicted octanol–water partition coefficient (Wildman–Crippen LogP) is 1.72. The van der Waals surface area contributed by atoms with Crippen molar-refractivity contribution < 1.29 is 26.8 Å². The molecule has 2 N–H and O–H groups in total. The number of nitrogens with one attached hydrogen (secondary N) is 2. The first-order valence-electron chi connectivity index (χ1n) is 8.81. The number of halogens is 2. The smallest absolute Gasteiger partial charge is 0.256 e. The number of rotatable bonds is 3. The number of sulfonamides is 1. The maximum Gasteiger partial charge on any atom is 0.256 e. The Kier molecular flexibility index (Phi) is 4.62. The van der Waals surface area contributed by atoms with Crippen molar-refractivity contribution in [2.24, 2.45) is 0 Å². The van der Waals surface area contributed by atoms with Gasteiger partial charge in [-0.2, -0.15) is 0 Å². The van der Waals surface area contributed by atoms with Crippen LogP contribution in [0, 0.1) is 11.6 Å². The Labute approximate surface area is 165 Å². The van der Waals surface area contributed by atoms with Crippen LogP contribution in [0.1, 0.15) is 16.8 Å². The maximum absolute atomic E-state index is 14.2. The van der Waals surface area contributed by atoms with Crippen LogP contribution in [-0.2, 0) is 14.8 Å². The molecule has 2 amide bonds. The first kappa shape index (κ1) is 19.5. The third-order valence-corrected chi connectivity index (χ3v) is 5.76. The van der Waals surface area contributed by atoms with Gasteiger partial charge in [0.2, 0.25) is 15.9 Å². The zero-order chi connectivity index (χ0) is 20.9. The third kappa shape index (κ3) is 3.73. The summed E-state index contributed by atoms with van der Waals surface area (Å²) in [5.41, 5.74) is 0.912. The van der Waals surface area contributed by atoms with Crippen molar-refractivity contribution in [3.05, 3.63) is 53.6 Å². The van der Waals surface area contributed by atoms with E-state index in [1.165, 1.54) is 29.2 Å². The fraction of sp³-hybridized carbons (Fsp3) is 0.263. The molecule has 7 nitrogen and oxygen atoms in total. The molecule has 4 rings (SSSR count). The average Bonchev–Trinajstić information content (AvgIpc) is 3.00. The summed E-state index contributed by atoms with van der Waals surface area (Å²) in [6, 6.07) is 6.22. The van der Waals surface area contributed by atoms with E-state index in [2.05, 4.69) is 10.0 Å². The quantitative estimate of drug-likeness (QED) is 0.789. The molecule has 152 valence electrons. The molecule has 10 heteroatoms. The lowest BCUT2D eigenvalue weighted by molar-refractivity contribution is -0.119. The van der Waals surface area contributed by atoms with Gasteiger partial charge in [-0.1, -0.05) is 6.07 Å². The molecule has 1 fully saturated rings. The summed E-state index contributed by atoms with van der Waals surface area (Å²) < 4.78 is 52.8. The fourth-order valence-electron chi connectivity index (χ4n) is 3.79. The summed E-state index contributed by atoms with van der Waals surface area (Å²) in [6.45, 7) is 0.0402. The van der Waals surface area contributed by atoms with Crippen molar-refractivity contribution in [2.45, 2.75) is 18.5 Å². The second-order valence-electron chi connectivity index (χ2n) is 7.17. The minimum atomic E-state index is -3.50. The lowest BCUT2D eigenvalue weighted by Gasteiger charge is -2.20. The van der Waals surface area contributed by atoms with Crippen LogP contribution in [0.25, 0.3) is 11.1 Å². The number of nitrogens with zero attached hydrogens (tertiary/aromatic N) is 1. The summed E-state index contributed by atoms with van der Waals surface area (Å²) in [5.74, 6) is -2.37. The number of hydrogen-bond donors (Lipinski definition) is 2. The number of anilines is 1. The summed E-state index contributed by atoms with van der Waals surface area (Å²) in [7, 11) is -3.50. The van der Waals surface area contributed by atoms with Gasteiger partial charge in [-0.25, -0.2) is 21.9 Å². The number of hydrogen-bond acceptors (Lipinski definition) is 4. The maximum atomic E-state index is 14.2. The molecule has 0 aromatic heterocycles. The molecule has 2 atom stereocenters. The van der Waals surface area contributed by atoms with Crippen LogP contribution in [0.5, 0.6) is 0 Å². The first-order valence-corrected chi connectivity index (χ1v) is 10.7. The molecule has 1 saturated heterocycles. The van der Waals surface area contributed by atoms with E-state index in [0.29, 0.717) is 5.56 Å². The molecule has 29 heavy (non-hydrogen) atoms. The van der Waals surface area contributed by atoms with Crippen LogP contribution in [0.3, 0.4) is 0 Å². The van der Waals surface area contributed by atoms with Gasteiger partial charge in [-0.15, -0.1) is 0 Å². The highest BCUT2D eigenvalue weighted by molar-refractivity contribution is 7.88. The molecule has 0 unspecified atom stereocenters. The monoisotopic (exact) mass is 421 g/mol. The SMILES string of the molecule is CS(=O)(=O)N[C@H]1C[C@H]2C(=O)Nc3ccc(-c4ccc(F)cc4F)cc3C(=O)N2C1.